The largest absolute Gasteiger partial charge is 0.480 e. The summed E-state index contributed by atoms with van der Waals surface area (Å²) in [7, 11) is 0. The molecule has 0 saturated carbocycles. The van der Waals surface area contributed by atoms with Crippen molar-refractivity contribution in [2.45, 2.75) is 63.7 Å². The average molecular weight is 491 g/mol. The zero-order chi connectivity index (χ0) is 25.7. The summed E-state index contributed by atoms with van der Waals surface area (Å²) in [6.45, 7) is 3.55. The number of primary amides is 2. The SMILES string of the molecule is CCC(C)C(N)C(=O)NC(CC(N)=O)C(=O)NC(CC(N)=O)C(=O)NC(CCSC)C(=O)O. The van der Waals surface area contributed by atoms with Gasteiger partial charge >= 0.3 is 5.97 Å². The van der Waals surface area contributed by atoms with Gasteiger partial charge in [0.15, 0.2) is 0 Å². The summed E-state index contributed by atoms with van der Waals surface area (Å²) in [6.07, 6.45) is 1.21. The van der Waals surface area contributed by atoms with Gasteiger partial charge in [0.25, 0.3) is 0 Å². The molecule has 33 heavy (non-hydrogen) atoms. The molecule has 0 aliphatic rings. The first kappa shape index (κ1) is 30.1. The summed E-state index contributed by atoms with van der Waals surface area (Å²) >= 11 is 1.37. The van der Waals surface area contributed by atoms with E-state index in [4.69, 9.17) is 17.2 Å². The van der Waals surface area contributed by atoms with E-state index in [-0.39, 0.29) is 12.3 Å². The van der Waals surface area contributed by atoms with Crippen molar-refractivity contribution in [2.75, 3.05) is 12.0 Å². The number of rotatable bonds is 16. The number of carbonyl (C=O) groups excluding carboxylic acids is 5. The maximum absolute atomic E-state index is 12.7. The maximum Gasteiger partial charge on any atom is 0.326 e. The van der Waals surface area contributed by atoms with Gasteiger partial charge in [-0.15, -0.1) is 0 Å². The Morgan fingerprint density at radius 2 is 1.27 bits per heavy atom. The normalized spacial score (nSPS) is 15.3. The van der Waals surface area contributed by atoms with E-state index in [2.05, 4.69) is 16.0 Å². The molecule has 14 heteroatoms. The van der Waals surface area contributed by atoms with Crippen molar-refractivity contribution in [1.29, 1.82) is 0 Å². The molecule has 0 heterocycles. The zero-order valence-electron chi connectivity index (χ0n) is 19.0. The number of hydrogen-bond donors (Lipinski definition) is 7. The quantitative estimate of drug-likeness (QED) is 0.120. The Balaban J connectivity index is 5.54. The van der Waals surface area contributed by atoms with Crippen LogP contribution in [-0.2, 0) is 28.8 Å². The fourth-order valence-corrected chi connectivity index (χ4v) is 3.11. The van der Waals surface area contributed by atoms with Crippen molar-refractivity contribution < 1.29 is 33.9 Å². The van der Waals surface area contributed by atoms with Crippen LogP contribution in [-0.4, -0.2) is 76.8 Å². The lowest BCUT2D eigenvalue weighted by Crippen LogP contribution is -2.58. The van der Waals surface area contributed by atoms with Gasteiger partial charge in [0, 0.05) is 0 Å². The van der Waals surface area contributed by atoms with Crippen LogP contribution in [0.15, 0.2) is 0 Å². The van der Waals surface area contributed by atoms with Crippen LogP contribution < -0.4 is 33.2 Å². The summed E-state index contributed by atoms with van der Waals surface area (Å²) in [6, 6.07) is -5.23. The lowest BCUT2D eigenvalue weighted by atomic mass is 9.99. The van der Waals surface area contributed by atoms with E-state index in [9.17, 15) is 33.9 Å². The second-order valence-corrected chi connectivity index (χ2v) is 8.54. The number of carboxylic acids is 1. The fourth-order valence-electron chi connectivity index (χ4n) is 2.64. The van der Waals surface area contributed by atoms with Gasteiger partial charge in [-0.2, -0.15) is 11.8 Å². The van der Waals surface area contributed by atoms with Crippen molar-refractivity contribution >= 4 is 47.3 Å². The Hall–Kier alpha value is -2.87. The van der Waals surface area contributed by atoms with E-state index < -0.39 is 72.5 Å². The van der Waals surface area contributed by atoms with E-state index in [1.54, 1.807) is 13.2 Å². The van der Waals surface area contributed by atoms with Gasteiger partial charge in [-0.05, 0) is 24.3 Å². The number of carbonyl (C=O) groups is 6. The first-order chi connectivity index (χ1) is 15.3. The highest BCUT2D eigenvalue weighted by Gasteiger charge is 2.32. The molecule has 0 saturated heterocycles. The summed E-state index contributed by atoms with van der Waals surface area (Å²) < 4.78 is 0. The number of amides is 5. The molecular weight excluding hydrogens is 456 g/mol. The molecule has 0 rings (SSSR count). The predicted octanol–water partition coefficient (Wildman–Crippen LogP) is -2.60. The molecule has 0 bridgehead atoms. The van der Waals surface area contributed by atoms with Crippen LogP contribution in [0.1, 0.15) is 39.5 Å². The summed E-state index contributed by atoms with van der Waals surface area (Å²) in [5.74, 6) is -5.58. The van der Waals surface area contributed by atoms with E-state index >= 15 is 0 Å². The van der Waals surface area contributed by atoms with E-state index in [0.29, 0.717) is 12.2 Å². The molecule has 13 nitrogen and oxygen atoms in total. The standard InChI is InChI=1S/C19H34N6O7S/c1-4-9(2)15(22)18(30)25-12(8-14(21)27)17(29)24-11(7-13(20)26)16(28)23-10(19(31)32)5-6-33-3/h9-12,15H,4-8,22H2,1-3H3,(H2,20,26)(H2,21,27)(H,23,28)(H,24,29)(H,25,30)(H,31,32). The molecule has 0 radical (unpaired) electrons. The number of hydrogen-bond acceptors (Lipinski definition) is 8. The number of thioether (sulfide) groups is 1. The van der Waals surface area contributed by atoms with Crippen LogP contribution in [0.5, 0.6) is 0 Å². The van der Waals surface area contributed by atoms with Crippen molar-refractivity contribution in [3.63, 3.8) is 0 Å². The molecule has 0 aromatic carbocycles. The number of carboxylic acid groups (broad SMARTS) is 1. The van der Waals surface area contributed by atoms with Crippen LogP contribution >= 0.6 is 11.8 Å². The second kappa shape index (κ2) is 15.1. The summed E-state index contributed by atoms with van der Waals surface area (Å²) in [5, 5.41) is 16.1. The summed E-state index contributed by atoms with van der Waals surface area (Å²) in [4.78, 5) is 71.9. The van der Waals surface area contributed by atoms with Crippen LogP contribution in [0.25, 0.3) is 0 Å². The van der Waals surface area contributed by atoms with Gasteiger partial charge in [-0.3, -0.25) is 24.0 Å². The molecule has 5 unspecified atom stereocenters. The van der Waals surface area contributed by atoms with Crippen LogP contribution in [0.3, 0.4) is 0 Å². The van der Waals surface area contributed by atoms with Crippen LogP contribution in [0.2, 0.25) is 0 Å². The first-order valence-corrected chi connectivity index (χ1v) is 11.7. The Labute approximate surface area is 196 Å². The van der Waals surface area contributed by atoms with Crippen molar-refractivity contribution in [2.24, 2.45) is 23.1 Å². The second-order valence-electron chi connectivity index (χ2n) is 7.56. The number of nitrogens with one attached hydrogen (secondary N) is 3. The van der Waals surface area contributed by atoms with E-state index in [1.165, 1.54) is 11.8 Å². The number of nitrogens with two attached hydrogens (primary N) is 3. The van der Waals surface area contributed by atoms with Gasteiger partial charge in [0.1, 0.15) is 18.1 Å². The molecule has 10 N–H and O–H groups in total. The van der Waals surface area contributed by atoms with Gasteiger partial charge < -0.3 is 38.3 Å². The number of aliphatic carboxylic acids is 1. The Morgan fingerprint density at radius 1 is 0.848 bits per heavy atom. The first-order valence-electron chi connectivity index (χ1n) is 10.3. The molecule has 0 aliphatic carbocycles. The van der Waals surface area contributed by atoms with Crippen LogP contribution in [0, 0.1) is 5.92 Å². The minimum Gasteiger partial charge on any atom is -0.480 e. The summed E-state index contributed by atoms with van der Waals surface area (Å²) in [5.41, 5.74) is 16.2. The highest BCUT2D eigenvalue weighted by Crippen LogP contribution is 2.07. The Kier molecular flexibility index (Phi) is 13.7. The lowest BCUT2D eigenvalue weighted by Gasteiger charge is -2.25. The lowest BCUT2D eigenvalue weighted by molar-refractivity contribution is -0.142. The minimum atomic E-state index is -1.54. The Bertz CT molecular complexity index is 735. The maximum atomic E-state index is 12.7. The van der Waals surface area contributed by atoms with Crippen molar-refractivity contribution in [1.82, 2.24) is 16.0 Å². The monoisotopic (exact) mass is 490 g/mol. The molecular formula is C19H34N6O7S. The molecule has 188 valence electrons. The van der Waals surface area contributed by atoms with E-state index in [0.717, 1.165) is 0 Å². The highest BCUT2D eigenvalue weighted by atomic mass is 32.2. The molecule has 0 fully saturated rings. The van der Waals surface area contributed by atoms with Crippen molar-refractivity contribution in [3.05, 3.63) is 0 Å². The molecule has 5 atom stereocenters. The Morgan fingerprint density at radius 3 is 1.64 bits per heavy atom. The minimum absolute atomic E-state index is 0.105. The van der Waals surface area contributed by atoms with Gasteiger partial charge in [-0.25, -0.2) is 4.79 Å². The van der Waals surface area contributed by atoms with Gasteiger partial charge in [-0.1, -0.05) is 20.3 Å². The molecule has 5 amide bonds. The molecule has 0 aromatic heterocycles. The van der Waals surface area contributed by atoms with Gasteiger partial charge in [0.05, 0.1) is 18.9 Å². The highest BCUT2D eigenvalue weighted by molar-refractivity contribution is 7.98. The molecule has 0 spiro atoms. The average Bonchev–Trinajstić information content (AvgIpc) is 2.73. The molecule has 0 aromatic rings. The smallest absolute Gasteiger partial charge is 0.326 e. The fraction of sp³-hybridized carbons (Fsp3) is 0.684. The third kappa shape index (κ3) is 11.5. The van der Waals surface area contributed by atoms with Gasteiger partial charge in [0.2, 0.25) is 29.5 Å². The van der Waals surface area contributed by atoms with Crippen LogP contribution in [0.4, 0.5) is 0 Å². The van der Waals surface area contributed by atoms with E-state index in [1.807, 2.05) is 6.92 Å². The van der Waals surface area contributed by atoms with Crippen molar-refractivity contribution in [3.8, 4) is 0 Å². The third-order valence-electron chi connectivity index (χ3n) is 4.86. The molecule has 0 aliphatic heterocycles. The topological polar surface area (TPSA) is 237 Å². The third-order valence-corrected chi connectivity index (χ3v) is 5.51. The zero-order valence-corrected chi connectivity index (χ0v) is 19.8. The predicted molar refractivity (Wildman–Crippen MR) is 121 cm³/mol.